The normalized spacial score (nSPS) is 12.6. The SMILES string of the molecule is Cn1nnc(Br)c1C(O)c1cn[nH]c1-c1ccc(F)cc1. The topological polar surface area (TPSA) is 79.6 Å². The molecule has 0 spiro atoms. The molecule has 2 aromatic heterocycles. The van der Waals surface area contributed by atoms with Gasteiger partial charge in [0.15, 0.2) is 4.60 Å². The van der Waals surface area contributed by atoms with Gasteiger partial charge < -0.3 is 5.11 Å². The predicted octanol–water partition coefficient (Wildman–Crippen LogP) is 2.19. The largest absolute Gasteiger partial charge is 0.382 e. The van der Waals surface area contributed by atoms with Crippen molar-refractivity contribution in [2.45, 2.75) is 6.10 Å². The molecule has 6 nitrogen and oxygen atoms in total. The summed E-state index contributed by atoms with van der Waals surface area (Å²) in [6.45, 7) is 0. The number of halogens is 2. The van der Waals surface area contributed by atoms with Gasteiger partial charge in [-0.2, -0.15) is 5.10 Å². The van der Waals surface area contributed by atoms with Crippen LogP contribution < -0.4 is 0 Å². The highest BCUT2D eigenvalue weighted by Gasteiger charge is 2.23. The zero-order valence-electron chi connectivity index (χ0n) is 11.0. The van der Waals surface area contributed by atoms with Crippen molar-refractivity contribution in [3.63, 3.8) is 0 Å². The molecule has 1 unspecified atom stereocenters. The number of hydrogen-bond acceptors (Lipinski definition) is 4. The molecule has 2 N–H and O–H groups in total. The Balaban J connectivity index is 2.05. The number of aliphatic hydroxyl groups is 1. The number of nitrogens with zero attached hydrogens (tertiary/aromatic N) is 4. The second-order valence-electron chi connectivity index (χ2n) is 4.50. The van der Waals surface area contributed by atoms with E-state index in [4.69, 9.17) is 0 Å². The number of nitrogens with one attached hydrogen (secondary N) is 1. The molecule has 3 rings (SSSR count). The van der Waals surface area contributed by atoms with E-state index in [1.165, 1.54) is 23.0 Å². The Morgan fingerprint density at radius 2 is 2.05 bits per heavy atom. The highest BCUT2D eigenvalue weighted by Crippen LogP contribution is 2.32. The van der Waals surface area contributed by atoms with Crippen molar-refractivity contribution in [3.8, 4) is 11.3 Å². The lowest BCUT2D eigenvalue weighted by molar-refractivity contribution is 0.209. The second kappa shape index (κ2) is 5.38. The van der Waals surface area contributed by atoms with E-state index in [0.29, 0.717) is 21.6 Å². The Bertz CT molecular complexity index is 748. The van der Waals surface area contributed by atoms with Gasteiger partial charge in [0.2, 0.25) is 0 Å². The third-order valence-electron chi connectivity index (χ3n) is 3.18. The quantitative estimate of drug-likeness (QED) is 0.757. The van der Waals surface area contributed by atoms with Crippen molar-refractivity contribution in [2.75, 3.05) is 0 Å². The highest BCUT2D eigenvalue weighted by molar-refractivity contribution is 9.10. The molecule has 0 bridgehead atoms. The summed E-state index contributed by atoms with van der Waals surface area (Å²) >= 11 is 3.26. The zero-order valence-corrected chi connectivity index (χ0v) is 12.5. The van der Waals surface area contributed by atoms with Crippen molar-refractivity contribution in [2.24, 2.45) is 7.05 Å². The zero-order chi connectivity index (χ0) is 15.0. The Labute approximate surface area is 127 Å². The lowest BCUT2D eigenvalue weighted by Gasteiger charge is -2.11. The van der Waals surface area contributed by atoms with Gasteiger partial charge in [-0.1, -0.05) is 5.21 Å². The summed E-state index contributed by atoms with van der Waals surface area (Å²) in [5.74, 6) is -0.320. The van der Waals surface area contributed by atoms with Gasteiger partial charge in [0.1, 0.15) is 17.6 Å². The van der Waals surface area contributed by atoms with Crippen molar-refractivity contribution >= 4 is 15.9 Å². The molecule has 0 radical (unpaired) electrons. The van der Waals surface area contributed by atoms with Crippen LogP contribution in [0.25, 0.3) is 11.3 Å². The molecule has 8 heteroatoms. The Morgan fingerprint density at radius 1 is 1.33 bits per heavy atom. The van der Waals surface area contributed by atoms with Crippen LogP contribution in [-0.4, -0.2) is 30.3 Å². The van der Waals surface area contributed by atoms with Gasteiger partial charge in [0.05, 0.1) is 11.9 Å². The standard InChI is InChI=1S/C13H11BrFN5O/c1-20-11(13(14)18-19-20)12(21)9-6-16-17-10(9)7-2-4-8(15)5-3-7/h2-6,12,21H,1H3,(H,16,17). The van der Waals surface area contributed by atoms with Crippen LogP contribution in [0.1, 0.15) is 17.4 Å². The third kappa shape index (κ3) is 2.47. The molecule has 0 amide bonds. The minimum Gasteiger partial charge on any atom is -0.382 e. The lowest BCUT2D eigenvalue weighted by Crippen LogP contribution is -2.07. The summed E-state index contributed by atoms with van der Waals surface area (Å²) in [7, 11) is 1.69. The summed E-state index contributed by atoms with van der Waals surface area (Å²) in [5.41, 5.74) is 2.43. The van der Waals surface area contributed by atoms with E-state index in [-0.39, 0.29) is 5.82 Å². The fraction of sp³-hybridized carbons (Fsp3) is 0.154. The first-order valence-corrected chi connectivity index (χ1v) is 6.89. The molecule has 108 valence electrons. The summed E-state index contributed by atoms with van der Waals surface area (Å²) in [6, 6.07) is 5.95. The highest BCUT2D eigenvalue weighted by atomic mass is 79.9. The number of hydrogen-bond donors (Lipinski definition) is 2. The molecule has 0 aliphatic rings. The first-order chi connectivity index (χ1) is 10.1. The van der Waals surface area contributed by atoms with Crippen molar-refractivity contribution < 1.29 is 9.50 Å². The van der Waals surface area contributed by atoms with Crippen LogP contribution in [0.4, 0.5) is 4.39 Å². The summed E-state index contributed by atoms with van der Waals surface area (Å²) < 4.78 is 15.0. The molecule has 0 saturated carbocycles. The summed E-state index contributed by atoms with van der Waals surface area (Å²) in [4.78, 5) is 0. The van der Waals surface area contributed by atoms with Crippen molar-refractivity contribution in [3.05, 3.63) is 52.1 Å². The van der Waals surface area contributed by atoms with E-state index in [1.807, 2.05) is 0 Å². The molecule has 0 aliphatic carbocycles. The summed E-state index contributed by atoms with van der Waals surface area (Å²) in [6.07, 6.45) is 0.571. The average molecular weight is 352 g/mol. The molecular weight excluding hydrogens is 341 g/mol. The molecule has 3 aromatic rings. The molecule has 2 heterocycles. The maximum atomic E-state index is 13.0. The van der Waals surface area contributed by atoms with Gasteiger partial charge in [-0.15, -0.1) is 5.10 Å². The fourth-order valence-corrected chi connectivity index (χ4v) is 2.67. The molecule has 21 heavy (non-hydrogen) atoms. The Kier molecular flexibility index (Phi) is 3.56. The number of aryl methyl sites for hydroxylation is 1. The number of benzene rings is 1. The van der Waals surface area contributed by atoms with Crippen LogP contribution >= 0.6 is 15.9 Å². The molecule has 0 fully saturated rings. The average Bonchev–Trinajstić information content (AvgIpc) is 3.07. The fourth-order valence-electron chi connectivity index (χ4n) is 2.13. The van der Waals surface area contributed by atoms with E-state index in [1.54, 1.807) is 19.2 Å². The number of aliphatic hydroxyl groups excluding tert-OH is 1. The predicted molar refractivity (Wildman–Crippen MR) is 76.7 cm³/mol. The van der Waals surface area contributed by atoms with Gasteiger partial charge in [-0.3, -0.25) is 5.10 Å². The first-order valence-electron chi connectivity index (χ1n) is 6.10. The molecule has 0 aliphatic heterocycles. The van der Waals surface area contributed by atoms with Gasteiger partial charge in [0, 0.05) is 18.2 Å². The van der Waals surface area contributed by atoms with E-state index in [2.05, 4.69) is 36.4 Å². The van der Waals surface area contributed by atoms with Crippen LogP contribution in [0.3, 0.4) is 0 Å². The minimum atomic E-state index is -0.960. The van der Waals surface area contributed by atoms with Gasteiger partial charge in [-0.05, 0) is 40.2 Å². The van der Waals surface area contributed by atoms with Crippen LogP contribution in [0.5, 0.6) is 0 Å². The Morgan fingerprint density at radius 3 is 2.67 bits per heavy atom. The summed E-state index contributed by atoms with van der Waals surface area (Å²) in [5, 5.41) is 25.0. The van der Waals surface area contributed by atoms with Crippen molar-refractivity contribution in [1.29, 1.82) is 0 Å². The monoisotopic (exact) mass is 351 g/mol. The van der Waals surface area contributed by atoms with E-state index in [9.17, 15) is 9.50 Å². The minimum absolute atomic E-state index is 0.320. The van der Waals surface area contributed by atoms with Gasteiger partial charge in [0.25, 0.3) is 0 Å². The van der Waals surface area contributed by atoms with Gasteiger partial charge in [-0.25, -0.2) is 9.07 Å². The van der Waals surface area contributed by atoms with Crippen LogP contribution in [0, 0.1) is 5.82 Å². The van der Waals surface area contributed by atoms with Crippen LogP contribution in [0.15, 0.2) is 35.1 Å². The van der Waals surface area contributed by atoms with E-state index >= 15 is 0 Å². The number of aromatic nitrogens is 5. The van der Waals surface area contributed by atoms with Crippen LogP contribution in [-0.2, 0) is 7.05 Å². The second-order valence-corrected chi connectivity index (χ2v) is 5.25. The van der Waals surface area contributed by atoms with E-state index in [0.717, 1.165) is 5.56 Å². The molecule has 0 saturated heterocycles. The molecule has 1 aromatic carbocycles. The van der Waals surface area contributed by atoms with Gasteiger partial charge >= 0.3 is 0 Å². The molecular formula is C13H11BrFN5O. The maximum Gasteiger partial charge on any atom is 0.154 e. The lowest BCUT2D eigenvalue weighted by atomic mass is 10.0. The first kappa shape index (κ1) is 13.9. The van der Waals surface area contributed by atoms with E-state index < -0.39 is 6.10 Å². The Hall–Kier alpha value is -2.06. The third-order valence-corrected chi connectivity index (χ3v) is 3.75. The number of aromatic amines is 1. The molecule has 1 atom stereocenters. The number of H-pyrrole nitrogens is 1. The van der Waals surface area contributed by atoms with Crippen molar-refractivity contribution in [1.82, 2.24) is 25.2 Å². The maximum absolute atomic E-state index is 13.0. The number of rotatable bonds is 3. The van der Waals surface area contributed by atoms with Crippen LogP contribution in [0.2, 0.25) is 0 Å². The smallest absolute Gasteiger partial charge is 0.154 e.